The van der Waals surface area contributed by atoms with Crippen LogP contribution >= 0.6 is 0 Å². The molecule has 0 saturated carbocycles. The molecule has 6 nitrogen and oxygen atoms in total. The summed E-state index contributed by atoms with van der Waals surface area (Å²) in [6.07, 6.45) is 0.962. The summed E-state index contributed by atoms with van der Waals surface area (Å²) >= 11 is 0. The third kappa shape index (κ3) is 5.37. The SMILES string of the molecule is CCOC(=O)CCCN=Nc1ccc(OC)cc1N. The molecule has 0 aliphatic carbocycles. The second kappa shape index (κ2) is 8.07. The smallest absolute Gasteiger partial charge is 0.305 e. The molecule has 19 heavy (non-hydrogen) atoms. The van der Waals surface area contributed by atoms with Gasteiger partial charge in [0, 0.05) is 12.5 Å². The number of nitrogens with zero attached hydrogens (tertiary/aromatic N) is 2. The molecular weight excluding hydrogens is 246 g/mol. The Morgan fingerprint density at radius 2 is 2.21 bits per heavy atom. The zero-order valence-electron chi connectivity index (χ0n) is 11.3. The molecule has 1 rings (SSSR count). The Morgan fingerprint density at radius 3 is 2.84 bits per heavy atom. The minimum atomic E-state index is -0.207. The van der Waals surface area contributed by atoms with Crippen LogP contribution in [0.5, 0.6) is 5.75 Å². The average molecular weight is 265 g/mol. The molecule has 104 valence electrons. The standard InChI is InChI=1S/C13H19N3O3/c1-3-19-13(17)5-4-8-15-16-12-7-6-10(18-2)9-11(12)14/h6-7,9H,3-5,8,14H2,1-2H3. The predicted molar refractivity (Wildman–Crippen MR) is 72.7 cm³/mol. The molecular formula is C13H19N3O3. The molecule has 0 bridgehead atoms. The topological polar surface area (TPSA) is 86.3 Å². The number of nitrogens with two attached hydrogens (primary N) is 1. The molecule has 0 heterocycles. The molecule has 6 heteroatoms. The van der Waals surface area contributed by atoms with Gasteiger partial charge in [-0.1, -0.05) is 0 Å². The molecule has 0 radical (unpaired) electrons. The van der Waals surface area contributed by atoms with Crippen LogP contribution in [0.15, 0.2) is 28.4 Å². The van der Waals surface area contributed by atoms with E-state index in [-0.39, 0.29) is 5.97 Å². The van der Waals surface area contributed by atoms with Crippen molar-refractivity contribution in [1.29, 1.82) is 0 Å². The fraction of sp³-hybridized carbons (Fsp3) is 0.462. The quantitative estimate of drug-likeness (QED) is 0.355. The molecule has 1 aromatic carbocycles. The lowest BCUT2D eigenvalue weighted by Crippen LogP contribution is -2.03. The van der Waals surface area contributed by atoms with Gasteiger partial charge in [-0.25, -0.2) is 0 Å². The summed E-state index contributed by atoms with van der Waals surface area (Å²) in [5.74, 6) is 0.473. The molecule has 0 atom stereocenters. The van der Waals surface area contributed by atoms with Gasteiger partial charge in [0.05, 0.1) is 25.9 Å². The number of rotatable bonds is 7. The van der Waals surface area contributed by atoms with Crippen molar-refractivity contribution in [2.45, 2.75) is 19.8 Å². The normalized spacial score (nSPS) is 10.6. The summed E-state index contributed by atoms with van der Waals surface area (Å²) < 4.78 is 9.84. The summed E-state index contributed by atoms with van der Waals surface area (Å²) in [6.45, 7) is 2.65. The third-order valence-electron chi connectivity index (χ3n) is 2.36. The van der Waals surface area contributed by atoms with Crippen molar-refractivity contribution in [3.63, 3.8) is 0 Å². The van der Waals surface area contributed by atoms with Crippen LogP contribution in [-0.2, 0) is 9.53 Å². The van der Waals surface area contributed by atoms with Crippen molar-refractivity contribution in [1.82, 2.24) is 0 Å². The first kappa shape index (κ1) is 14.9. The van der Waals surface area contributed by atoms with Gasteiger partial charge in [0.2, 0.25) is 0 Å². The number of carbonyl (C=O) groups excluding carboxylic acids is 1. The Balaban J connectivity index is 2.38. The van der Waals surface area contributed by atoms with E-state index >= 15 is 0 Å². The number of anilines is 1. The second-order valence-electron chi connectivity index (χ2n) is 3.80. The maximum atomic E-state index is 11.1. The van der Waals surface area contributed by atoms with Crippen LogP contribution in [0.2, 0.25) is 0 Å². The monoisotopic (exact) mass is 265 g/mol. The highest BCUT2D eigenvalue weighted by atomic mass is 16.5. The van der Waals surface area contributed by atoms with Gasteiger partial charge in [0.25, 0.3) is 0 Å². The van der Waals surface area contributed by atoms with Crippen molar-refractivity contribution in [3.05, 3.63) is 18.2 Å². The van der Waals surface area contributed by atoms with Gasteiger partial charge in [0.1, 0.15) is 11.4 Å². The largest absolute Gasteiger partial charge is 0.497 e. The van der Waals surface area contributed by atoms with Crippen LogP contribution in [0.25, 0.3) is 0 Å². The summed E-state index contributed by atoms with van der Waals surface area (Å²) in [7, 11) is 1.57. The first-order valence-electron chi connectivity index (χ1n) is 6.14. The lowest BCUT2D eigenvalue weighted by Gasteiger charge is -2.03. The number of nitrogen functional groups attached to an aromatic ring is 1. The van der Waals surface area contributed by atoms with Crippen molar-refractivity contribution >= 4 is 17.3 Å². The lowest BCUT2D eigenvalue weighted by molar-refractivity contribution is -0.143. The van der Waals surface area contributed by atoms with E-state index in [9.17, 15) is 4.79 Å². The van der Waals surface area contributed by atoms with E-state index in [0.717, 1.165) is 0 Å². The lowest BCUT2D eigenvalue weighted by atomic mass is 10.2. The number of methoxy groups -OCH3 is 1. The minimum absolute atomic E-state index is 0.207. The van der Waals surface area contributed by atoms with Crippen LogP contribution in [0.1, 0.15) is 19.8 Å². The Morgan fingerprint density at radius 1 is 1.42 bits per heavy atom. The number of ether oxygens (including phenoxy) is 2. The maximum Gasteiger partial charge on any atom is 0.305 e. The van der Waals surface area contributed by atoms with Gasteiger partial charge >= 0.3 is 5.97 Å². The summed E-state index contributed by atoms with van der Waals surface area (Å²) in [5.41, 5.74) is 6.89. The number of esters is 1. The highest BCUT2D eigenvalue weighted by molar-refractivity contribution is 5.69. The van der Waals surface area contributed by atoms with E-state index in [2.05, 4.69) is 10.2 Å². The molecule has 0 amide bonds. The number of hydrogen-bond donors (Lipinski definition) is 1. The van der Waals surface area contributed by atoms with Gasteiger partial charge < -0.3 is 15.2 Å². The summed E-state index contributed by atoms with van der Waals surface area (Å²) in [6, 6.07) is 5.19. The van der Waals surface area contributed by atoms with Crippen LogP contribution in [0, 0.1) is 0 Å². The first-order chi connectivity index (χ1) is 9.17. The van der Waals surface area contributed by atoms with E-state index in [1.165, 1.54) is 0 Å². The maximum absolute atomic E-state index is 11.1. The predicted octanol–water partition coefficient (Wildman–Crippen LogP) is 2.70. The van der Waals surface area contributed by atoms with Gasteiger partial charge in [-0.15, -0.1) is 0 Å². The Labute approximate surface area is 112 Å². The Kier molecular flexibility index (Phi) is 6.35. The molecule has 0 aliphatic rings. The van der Waals surface area contributed by atoms with Crippen LogP contribution in [0.4, 0.5) is 11.4 Å². The zero-order chi connectivity index (χ0) is 14.1. The van der Waals surface area contributed by atoms with Crippen molar-refractivity contribution in [2.24, 2.45) is 10.2 Å². The van der Waals surface area contributed by atoms with Crippen molar-refractivity contribution in [3.8, 4) is 5.75 Å². The van der Waals surface area contributed by atoms with Crippen LogP contribution in [-0.4, -0.2) is 26.2 Å². The highest BCUT2D eigenvalue weighted by Crippen LogP contribution is 2.26. The summed E-state index contributed by atoms with van der Waals surface area (Å²) in [4.78, 5) is 11.1. The van der Waals surface area contributed by atoms with Gasteiger partial charge in [0.15, 0.2) is 0 Å². The van der Waals surface area contributed by atoms with Gasteiger partial charge in [-0.3, -0.25) is 4.79 Å². The van der Waals surface area contributed by atoms with Crippen LogP contribution < -0.4 is 10.5 Å². The summed E-state index contributed by atoms with van der Waals surface area (Å²) in [5, 5.41) is 8.00. The zero-order valence-corrected chi connectivity index (χ0v) is 11.3. The third-order valence-corrected chi connectivity index (χ3v) is 2.36. The van der Waals surface area contributed by atoms with Crippen molar-refractivity contribution in [2.75, 3.05) is 26.0 Å². The van der Waals surface area contributed by atoms with Gasteiger partial charge in [-0.2, -0.15) is 10.2 Å². The highest BCUT2D eigenvalue weighted by Gasteiger charge is 2.01. The number of benzene rings is 1. The van der Waals surface area contributed by atoms with E-state index in [1.807, 2.05) is 0 Å². The molecule has 0 saturated heterocycles. The number of carbonyl (C=O) groups is 1. The fourth-order valence-electron chi connectivity index (χ4n) is 1.40. The molecule has 1 aromatic rings. The second-order valence-corrected chi connectivity index (χ2v) is 3.80. The van der Waals surface area contributed by atoms with E-state index in [0.29, 0.717) is 43.1 Å². The van der Waals surface area contributed by atoms with Gasteiger partial charge in [-0.05, 0) is 25.5 Å². The van der Waals surface area contributed by atoms with Crippen molar-refractivity contribution < 1.29 is 14.3 Å². The average Bonchev–Trinajstić information content (AvgIpc) is 2.40. The molecule has 0 unspecified atom stereocenters. The first-order valence-corrected chi connectivity index (χ1v) is 6.14. The molecule has 0 aliphatic heterocycles. The minimum Gasteiger partial charge on any atom is -0.497 e. The molecule has 0 fully saturated rings. The molecule has 0 aromatic heterocycles. The molecule has 2 N–H and O–H groups in total. The van der Waals surface area contributed by atoms with E-state index < -0.39 is 0 Å². The number of azo groups is 1. The molecule has 0 spiro atoms. The van der Waals surface area contributed by atoms with Crippen LogP contribution in [0.3, 0.4) is 0 Å². The Hall–Kier alpha value is -2.11. The number of hydrogen-bond acceptors (Lipinski definition) is 6. The van der Waals surface area contributed by atoms with E-state index in [1.54, 1.807) is 32.2 Å². The van der Waals surface area contributed by atoms with E-state index in [4.69, 9.17) is 15.2 Å². The fourth-order valence-corrected chi connectivity index (χ4v) is 1.40. The Bertz CT molecular complexity index is 447.